The third-order valence-electron chi connectivity index (χ3n) is 3.60. The number of nitrogens with zero attached hydrogens (tertiary/aromatic N) is 1. The van der Waals surface area contributed by atoms with Crippen LogP contribution in [0.2, 0.25) is 0 Å². The van der Waals surface area contributed by atoms with Gasteiger partial charge in [0.25, 0.3) is 0 Å². The highest BCUT2D eigenvalue weighted by Crippen LogP contribution is 2.21. The molecule has 118 valence electrons. The zero-order valence-electron chi connectivity index (χ0n) is 12.7. The molecule has 0 aromatic heterocycles. The van der Waals surface area contributed by atoms with Crippen LogP contribution in [-0.2, 0) is 25.5 Å². The van der Waals surface area contributed by atoms with Crippen molar-refractivity contribution in [3.8, 4) is 0 Å². The molecule has 0 radical (unpaired) electrons. The third kappa shape index (κ3) is 3.44. The van der Waals surface area contributed by atoms with E-state index in [1.54, 1.807) is 13.8 Å². The first-order valence-corrected chi connectivity index (χ1v) is 7.29. The molecule has 2 atom stereocenters. The second-order valence-corrected chi connectivity index (χ2v) is 5.06. The summed E-state index contributed by atoms with van der Waals surface area (Å²) in [6, 6.07) is 8.01. The molecular weight excluding hydrogens is 286 g/mol. The Morgan fingerprint density at radius 3 is 2.55 bits per heavy atom. The number of benzene rings is 1. The van der Waals surface area contributed by atoms with Gasteiger partial charge in [0.1, 0.15) is 12.1 Å². The fourth-order valence-electron chi connectivity index (χ4n) is 2.45. The first kappa shape index (κ1) is 16.0. The number of esters is 2. The van der Waals surface area contributed by atoms with E-state index >= 15 is 0 Å². The number of carbonyl (C=O) groups excluding carboxylic acids is 3. The van der Waals surface area contributed by atoms with Crippen LogP contribution in [0, 0.1) is 0 Å². The van der Waals surface area contributed by atoms with Gasteiger partial charge in [-0.15, -0.1) is 0 Å². The molecule has 0 aliphatic carbocycles. The molecule has 1 aliphatic rings. The van der Waals surface area contributed by atoms with Crippen LogP contribution in [0.4, 0.5) is 4.79 Å². The molecule has 0 saturated carbocycles. The van der Waals surface area contributed by atoms with Crippen LogP contribution in [0.1, 0.15) is 25.8 Å². The van der Waals surface area contributed by atoms with Crippen LogP contribution in [0.25, 0.3) is 0 Å². The van der Waals surface area contributed by atoms with Gasteiger partial charge >= 0.3 is 18.0 Å². The van der Waals surface area contributed by atoms with E-state index in [0.717, 1.165) is 5.56 Å². The molecule has 6 nitrogen and oxygen atoms in total. The van der Waals surface area contributed by atoms with Crippen molar-refractivity contribution in [2.24, 2.45) is 0 Å². The summed E-state index contributed by atoms with van der Waals surface area (Å²) < 4.78 is 9.62. The summed E-state index contributed by atoms with van der Waals surface area (Å²) in [5.41, 5.74) is 1.04. The average molecular weight is 305 g/mol. The van der Waals surface area contributed by atoms with Crippen LogP contribution in [0.5, 0.6) is 0 Å². The van der Waals surface area contributed by atoms with Gasteiger partial charge in [-0.2, -0.15) is 0 Å². The Kier molecular flexibility index (Phi) is 5.14. The van der Waals surface area contributed by atoms with Gasteiger partial charge in [-0.25, -0.2) is 14.4 Å². The largest absolute Gasteiger partial charge is 0.464 e. The summed E-state index contributed by atoms with van der Waals surface area (Å²) in [4.78, 5) is 36.7. The number of cyclic esters (lactones) is 2. The van der Waals surface area contributed by atoms with Crippen molar-refractivity contribution in [1.82, 2.24) is 4.90 Å². The minimum atomic E-state index is -0.825. The van der Waals surface area contributed by atoms with E-state index in [1.807, 2.05) is 30.3 Å². The van der Waals surface area contributed by atoms with Crippen molar-refractivity contribution in [2.45, 2.75) is 38.8 Å². The van der Waals surface area contributed by atoms with Crippen molar-refractivity contribution in [3.63, 3.8) is 0 Å². The molecule has 2 rings (SSSR count). The number of hydrogen-bond donors (Lipinski definition) is 0. The number of ether oxygens (including phenoxy) is 2. The van der Waals surface area contributed by atoms with Crippen LogP contribution in [0.3, 0.4) is 0 Å². The molecule has 1 saturated heterocycles. The number of rotatable bonds is 6. The predicted octanol–water partition coefficient (Wildman–Crippen LogP) is 1.92. The van der Waals surface area contributed by atoms with Gasteiger partial charge in [0.05, 0.1) is 6.61 Å². The lowest BCUT2D eigenvalue weighted by molar-refractivity contribution is -0.149. The Labute approximate surface area is 129 Å². The topological polar surface area (TPSA) is 72.9 Å². The van der Waals surface area contributed by atoms with E-state index < -0.39 is 30.1 Å². The number of carbonyl (C=O) groups is 3. The van der Waals surface area contributed by atoms with E-state index in [9.17, 15) is 14.4 Å². The SMILES string of the molecule is CCOC(=O)[C@H](CCc1ccccc1)N1C(=O)OC(=O)C1C. The molecule has 0 bridgehead atoms. The minimum Gasteiger partial charge on any atom is -0.464 e. The minimum absolute atomic E-state index is 0.214. The Morgan fingerprint density at radius 2 is 2.00 bits per heavy atom. The summed E-state index contributed by atoms with van der Waals surface area (Å²) in [5.74, 6) is -1.16. The molecule has 0 N–H and O–H groups in total. The molecule has 22 heavy (non-hydrogen) atoms. The van der Waals surface area contributed by atoms with Gasteiger partial charge < -0.3 is 9.47 Å². The first-order chi connectivity index (χ1) is 10.5. The summed E-state index contributed by atoms with van der Waals surface area (Å²) in [5, 5.41) is 0. The first-order valence-electron chi connectivity index (χ1n) is 7.29. The number of hydrogen-bond acceptors (Lipinski definition) is 5. The molecule has 1 heterocycles. The normalized spacial score (nSPS) is 19.0. The van der Waals surface area contributed by atoms with Gasteiger partial charge in [0.15, 0.2) is 0 Å². The molecule has 1 aromatic rings. The average Bonchev–Trinajstić information content (AvgIpc) is 2.75. The van der Waals surface area contributed by atoms with E-state index in [0.29, 0.717) is 12.8 Å². The van der Waals surface area contributed by atoms with Crippen LogP contribution < -0.4 is 0 Å². The van der Waals surface area contributed by atoms with Crippen LogP contribution >= 0.6 is 0 Å². The zero-order valence-corrected chi connectivity index (χ0v) is 12.7. The molecule has 1 unspecified atom stereocenters. The van der Waals surface area contributed by atoms with Crippen LogP contribution in [-0.4, -0.2) is 41.6 Å². The van der Waals surface area contributed by atoms with Crippen molar-refractivity contribution >= 4 is 18.0 Å². The fourth-order valence-corrected chi connectivity index (χ4v) is 2.45. The lowest BCUT2D eigenvalue weighted by atomic mass is 10.0. The molecule has 1 amide bonds. The third-order valence-corrected chi connectivity index (χ3v) is 3.60. The van der Waals surface area contributed by atoms with Gasteiger partial charge in [0.2, 0.25) is 0 Å². The monoisotopic (exact) mass is 305 g/mol. The maximum Gasteiger partial charge on any atom is 0.419 e. The Balaban J connectivity index is 2.14. The molecule has 1 aromatic carbocycles. The quantitative estimate of drug-likeness (QED) is 0.593. The molecule has 1 aliphatic heterocycles. The second-order valence-electron chi connectivity index (χ2n) is 5.06. The number of amides is 1. The Morgan fingerprint density at radius 1 is 1.32 bits per heavy atom. The van der Waals surface area contributed by atoms with E-state index in [4.69, 9.17) is 4.74 Å². The highest BCUT2D eigenvalue weighted by Gasteiger charge is 2.45. The van der Waals surface area contributed by atoms with Crippen molar-refractivity contribution < 1.29 is 23.9 Å². The summed E-state index contributed by atoms with van der Waals surface area (Å²) in [6.07, 6.45) is 0.175. The molecule has 6 heteroatoms. The summed E-state index contributed by atoms with van der Waals surface area (Å²) >= 11 is 0. The molecule has 0 spiro atoms. The van der Waals surface area contributed by atoms with Gasteiger partial charge in [0, 0.05) is 0 Å². The van der Waals surface area contributed by atoms with Gasteiger partial charge in [-0.05, 0) is 32.3 Å². The Bertz CT molecular complexity index is 557. The highest BCUT2D eigenvalue weighted by atomic mass is 16.6. The summed E-state index contributed by atoms with van der Waals surface area (Å²) in [6.45, 7) is 3.46. The lowest BCUT2D eigenvalue weighted by Crippen LogP contribution is -2.47. The maximum absolute atomic E-state index is 12.2. The van der Waals surface area contributed by atoms with Crippen molar-refractivity contribution in [2.75, 3.05) is 6.61 Å². The van der Waals surface area contributed by atoms with E-state index in [2.05, 4.69) is 4.74 Å². The summed E-state index contributed by atoms with van der Waals surface area (Å²) in [7, 11) is 0. The Hall–Kier alpha value is -2.37. The van der Waals surface area contributed by atoms with Crippen molar-refractivity contribution in [1.29, 1.82) is 0 Å². The smallest absolute Gasteiger partial charge is 0.419 e. The highest BCUT2D eigenvalue weighted by molar-refractivity contribution is 5.97. The maximum atomic E-state index is 12.2. The van der Waals surface area contributed by atoms with Gasteiger partial charge in [-0.1, -0.05) is 30.3 Å². The van der Waals surface area contributed by atoms with Crippen LogP contribution in [0.15, 0.2) is 30.3 Å². The number of aryl methyl sites for hydroxylation is 1. The van der Waals surface area contributed by atoms with E-state index in [1.165, 1.54) is 4.90 Å². The van der Waals surface area contributed by atoms with Crippen molar-refractivity contribution in [3.05, 3.63) is 35.9 Å². The fraction of sp³-hybridized carbons (Fsp3) is 0.438. The van der Waals surface area contributed by atoms with Gasteiger partial charge in [-0.3, -0.25) is 4.90 Å². The predicted molar refractivity (Wildman–Crippen MR) is 78.0 cm³/mol. The second kappa shape index (κ2) is 7.06. The zero-order chi connectivity index (χ0) is 16.1. The molecular formula is C16H19NO5. The molecule has 1 fully saturated rings. The standard InChI is InChI=1S/C16H19NO5/c1-3-21-15(19)13(10-9-12-7-5-4-6-8-12)17-11(2)14(18)22-16(17)20/h4-8,11,13H,3,9-10H2,1-2H3/t11?,13-/m0/s1. The lowest BCUT2D eigenvalue weighted by Gasteiger charge is -2.26. The van der Waals surface area contributed by atoms with E-state index in [-0.39, 0.29) is 6.61 Å².